The maximum absolute atomic E-state index is 13.8. The van der Waals surface area contributed by atoms with Gasteiger partial charge in [0.2, 0.25) is 28.8 Å². The van der Waals surface area contributed by atoms with Gasteiger partial charge in [-0.3, -0.25) is 58.6 Å². The van der Waals surface area contributed by atoms with Crippen LogP contribution in [0.3, 0.4) is 0 Å². The Morgan fingerprint density at radius 1 is 0.511 bits per heavy atom. The van der Waals surface area contributed by atoms with Gasteiger partial charge in [0.25, 0.3) is 5.91 Å². The van der Waals surface area contributed by atoms with Crippen molar-refractivity contribution in [2.45, 2.75) is 124 Å². The number of likely N-dealkylation sites (N-methyl/N-ethyl adjacent to an activating group) is 3. The number of guanidine groups is 5. The average molecular weight is 1850 g/mol. The van der Waals surface area contributed by atoms with Crippen LogP contribution in [-0.4, -0.2) is 124 Å². The standard InChI is InChI=1S/C21H20F3N3O.2C20H16F4N4O.C20H18N6OS.C10H11F2N3OS/c1-25-19-26-18(28)12-20(27-19)9-3-5-13-7-8-15(11-17(13)20)14-4-2-6-16(10-14)21(22,23)24;2*1-19(14-7-8-15(21)12(9-14)10-25)16(17(29)28(2)18(26)27-19)11-3-5-13(6-4-11)20(22,23)24;1-20(16-10-15(12-28-16)14-6-3-5-13(9-14)11-21)17(26-8-4-7-23-26)18(27)25(2)19(22)24-20;1-10(6-3-5(11)8(12)17-6)4-7(16)15(2)9(13)14-10/h2,4,6-8,10-11H,3,5,9,12H2,1H3,(H2,25,26,27,28);2*3-9,16H,1-2H3,(H2,26,27);3-10,12,17H,1-2H3,(H2,22,24);3H,4H2,1-2H3,(H2,13,14)/t20-;16-,19+;16-,19-;17?,20-;10-/m00110/s1. The van der Waals surface area contributed by atoms with Gasteiger partial charge in [-0.25, -0.2) is 33.1 Å². The molecular formula is C91H81F13N20O5S2. The molecule has 1 spiro atoms. The van der Waals surface area contributed by atoms with Crippen molar-refractivity contribution in [1.29, 1.82) is 15.8 Å². The first-order chi connectivity index (χ1) is 61.5. The van der Waals surface area contributed by atoms with Crippen LogP contribution in [-0.2, 0) is 76.6 Å². The summed E-state index contributed by atoms with van der Waals surface area (Å²) in [4.78, 5) is 90.8. The summed E-state index contributed by atoms with van der Waals surface area (Å²) >= 11 is 2.16. The Bertz CT molecular complexity index is 6240. The second-order valence-electron chi connectivity index (χ2n) is 32.0. The molecule has 16 rings (SSSR count). The third-order valence-electron chi connectivity index (χ3n) is 23.4. The number of aliphatic imine (C=N–C) groups is 5. The van der Waals surface area contributed by atoms with Crippen LogP contribution in [0.4, 0.5) is 57.1 Å². The van der Waals surface area contributed by atoms with Crippen molar-refractivity contribution in [1.82, 2.24) is 40.0 Å². The van der Waals surface area contributed by atoms with E-state index in [0.717, 1.165) is 111 Å². The van der Waals surface area contributed by atoms with Gasteiger partial charge in [-0.05, 0) is 205 Å². The van der Waals surface area contributed by atoms with Crippen molar-refractivity contribution in [3.63, 3.8) is 0 Å². The highest BCUT2D eigenvalue weighted by molar-refractivity contribution is 7.10. The lowest BCUT2D eigenvalue weighted by molar-refractivity contribution is -0.138. The highest BCUT2D eigenvalue weighted by Crippen LogP contribution is 2.50. The Balaban J connectivity index is 0.000000149. The van der Waals surface area contributed by atoms with Gasteiger partial charge in [0.15, 0.2) is 41.7 Å². The predicted octanol–water partition coefficient (Wildman–Crippen LogP) is 15.1. The molecule has 8 heterocycles. The van der Waals surface area contributed by atoms with Gasteiger partial charge in [0.05, 0.1) is 69.7 Å². The molecule has 1 aliphatic carbocycles. The number of aryl methyl sites for hydroxylation is 1. The molecule has 1 unspecified atom stereocenters. The number of hydrogen-bond donors (Lipinski definition) is 6. The molecule has 5 amide bonds. The molecule has 0 radical (unpaired) electrons. The lowest BCUT2D eigenvalue weighted by Gasteiger charge is -2.43. The Hall–Kier alpha value is -14.6. The van der Waals surface area contributed by atoms with E-state index in [1.165, 1.54) is 96.9 Å². The van der Waals surface area contributed by atoms with E-state index in [1.54, 1.807) is 82.3 Å². The normalized spacial score (nSPS) is 22.8. The minimum atomic E-state index is -4.52. The quantitative estimate of drug-likeness (QED) is 0.0732. The van der Waals surface area contributed by atoms with Gasteiger partial charge in [0, 0.05) is 57.4 Å². The van der Waals surface area contributed by atoms with E-state index in [-0.39, 0.29) is 76.7 Å². The van der Waals surface area contributed by atoms with Crippen LogP contribution in [0.2, 0.25) is 0 Å². The molecule has 10 N–H and O–H groups in total. The number of nitrogens with one attached hydrogen (secondary N) is 2. The zero-order valence-electron chi connectivity index (χ0n) is 71.0. The molecular weight excluding hydrogens is 1760 g/mol. The number of nitrogens with two attached hydrogens (primary N) is 4. The number of benzene rings is 7. The Morgan fingerprint density at radius 3 is 1.50 bits per heavy atom. The topological polar surface area (TPSA) is 377 Å². The lowest BCUT2D eigenvalue weighted by Crippen LogP contribution is -2.60. The van der Waals surface area contributed by atoms with Gasteiger partial charge in [-0.1, -0.05) is 72.8 Å². The Kier molecular flexibility index (Phi) is 26.9. The monoisotopic (exact) mass is 1840 g/mol. The van der Waals surface area contributed by atoms with E-state index in [1.807, 2.05) is 54.8 Å². The number of hydrogen-bond acceptors (Lipinski definition) is 20. The number of carbonyl (C=O) groups is 5. The molecule has 5 aliphatic heterocycles. The number of alkyl halides is 9. The van der Waals surface area contributed by atoms with Crippen LogP contribution in [0.15, 0.2) is 213 Å². The summed E-state index contributed by atoms with van der Waals surface area (Å²) in [7, 11) is 7.54. The number of halogens is 13. The number of thiophene rings is 2. The Labute approximate surface area is 749 Å². The van der Waals surface area contributed by atoms with E-state index < -0.39 is 115 Å². The first-order valence-corrected chi connectivity index (χ1v) is 41.4. The molecule has 8 atom stereocenters. The van der Waals surface area contributed by atoms with E-state index in [0.29, 0.717) is 50.0 Å². The van der Waals surface area contributed by atoms with E-state index in [4.69, 9.17) is 43.7 Å². The van der Waals surface area contributed by atoms with Crippen LogP contribution in [0.5, 0.6) is 0 Å². The maximum atomic E-state index is 13.8. The fraction of sp³-hybridized carbons (Fsp3) is 0.275. The summed E-state index contributed by atoms with van der Waals surface area (Å²) in [6, 6.07) is 44.1. The molecule has 1 fully saturated rings. The maximum Gasteiger partial charge on any atom is 0.416 e. The molecule has 3 aromatic heterocycles. The SMILES string of the molecule is CN1C(=O)C(n2cccn2)[C@@](C)(c2cc(-c3cccc(C#N)c3)cs2)N=C1N.CN1C(=O)C[C@@](C)(c2cc(F)c(F)s2)N=C1N.CN1C(=O)[C@@H](c2ccc(C(F)(F)F)cc2)[C@@](C)(c2ccc(F)c(C#N)c2)N=C1N.CN1C(=O)[C@H](c2ccc(C(F)(F)F)cc2)[C@@](C)(c2ccc(F)c(C#N)c2)N=C1N.CN=C1NC(=O)C[C@]2(CCCc3ccc(-c4cccc(C(F)(F)F)c4)cc32)N1. The largest absolute Gasteiger partial charge is 0.416 e. The molecule has 25 nitrogen and oxygen atoms in total. The molecule has 7 aromatic carbocycles. The Morgan fingerprint density at radius 2 is 1.02 bits per heavy atom. The number of rotatable bonds is 9. The molecule has 1 saturated heterocycles. The number of fused-ring (bicyclic) bond motifs is 2. The summed E-state index contributed by atoms with van der Waals surface area (Å²) in [5.74, 6) is -5.46. The molecule has 678 valence electrons. The third kappa shape index (κ3) is 19.4. The minimum Gasteiger partial charge on any atom is -0.369 e. The first kappa shape index (κ1) is 95.5. The van der Waals surface area contributed by atoms with Gasteiger partial charge < -0.3 is 28.3 Å². The van der Waals surface area contributed by atoms with E-state index >= 15 is 0 Å². The first-order valence-electron chi connectivity index (χ1n) is 39.7. The van der Waals surface area contributed by atoms with Crippen molar-refractivity contribution in [2.24, 2.45) is 47.9 Å². The third-order valence-corrected chi connectivity index (χ3v) is 25.7. The van der Waals surface area contributed by atoms with Crippen molar-refractivity contribution < 1.29 is 81.0 Å². The molecule has 0 bridgehead atoms. The number of amides is 5. The number of carbonyl (C=O) groups excluding carboxylic acids is 5. The second kappa shape index (κ2) is 36.9. The number of nitriles is 3. The number of aromatic nitrogens is 2. The predicted molar refractivity (Wildman–Crippen MR) is 463 cm³/mol. The van der Waals surface area contributed by atoms with Gasteiger partial charge in [-0.15, -0.1) is 22.7 Å². The summed E-state index contributed by atoms with van der Waals surface area (Å²) in [6.45, 7) is 6.68. The lowest BCUT2D eigenvalue weighted by atomic mass is 9.73. The molecule has 10 aromatic rings. The van der Waals surface area contributed by atoms with Gasteiger partial charge >= 0.3 is 18.5 Å². The van der Waals surface area contributed by atoms with Crippen LogP contribution in [0, 0.1) is 56.6 Å². The van der Waals surface area contributed by atoms with Crippen molar-refractivity contribution in [2.75, 3.05) is 35.2 Å². The summed E-state index contributed by atoms with van der Waals surface area (Å²) in [5, 5.41) is 38.9. The van der Waals surface area contributed by atoms with Crippen LogP contribution >= 0.6 is 22.7 Å². The average Bonchev–Trinajstić information content (AvgIpc) is 1.62. The van der Waals surface area contributed by atoms with Gasteiger partial charge in [0.1, 0.15) is 45.9 Å². The fourth-order valence-electron chi connectivity index (χ4n) is 16.1. The number of nitrogens with zero attached hydrogens (tertiary/aromatic N) is 14. The summed E-state index contributed by atoms with van der Waals surface area (Å²) in [5.41, 5.74) is 22.4. The summed E-state index contributed by atoms with van der Waals surface area (Å²) < 4.78 is 172. The van der Waals surface area contributed by atoms with E-state index in [2.05, 4.69) is 41.8 Å². The minimum absolute atomic E-state index is 0.0452. The molecule has 6 aliphatic rings. The molecule has 131 heavy (non-hydrogen) atoms. The van der Waals surface area contributed by atoms with E-state index in [9.17, 15) is 81.0 Å². The fourth-order valence-corrected chi connectivity index (χ4v) is 18.0. The van der Waals surface area contributed by atoms with Crippen LogP contribution in [0.25, 0.3) is 22.3 Å². The van der Waals surface area contributed by atoms with Crippen molar-refractivity contribution in [3.8, 4) is 40.5 Å². The molecule has 0 saturated carbocycles. The van der Waals surface area contributed by atoms with Crippen LogP contribution in [0.1, 0.15) is 148 Å². The van der Waals surface area contributed by atoms with Gasteiger partial charge in [-0.2, -0.15) is 64.8 Å². The smallest absolute Gasteiger partial charge is 0.369 e. The zero-order chi connectivity index (χ0) is 95.7. The van der Waals surface area contributed by atoms with Crippen molar-refractivity contribution >= 4 is 82.0 Å². The highest BCUT2D eigenvalue weighted by Gasteiger charge is 2.52. The van der Waals surface area contributed by atoms with Crippen LogP contribution < -0.4 is 33.6 Å². The van der Waals surface area contributed by atoms with Crippen molar-refractivity contribution in [3.05, 3.63) is 287 Å². The molecule has 40 heteroatoms. The zero-order valence-corrected chi connectivity index (χ0v) is 72.6. The second-order valence-corrected chi connectivity index (χ2v) is 33.9. The highest BCUT2D eigenvalue weighted by atomic mass is 32.1. The summed E-state index contributed by atoms with van der Waals surface area (Å²) in [6.07, 6.45) is -7.14.